The molecule has 88 valence electrons. The third-order valence-corrected chi connectivity index (χ3v) is 2.41. The van der Waals surface area contributed by atoms with Crippen molar-refractivity contribution in [1.82, 2.24) is 4.98 Å². The molecule has 3 nitrogen and oxygen atoms in total. The van der Waals surface area contributed by atoms with E-state index in [4.69, 9.17) is 5.73 Å². The monoisotopic (exact) mass is 236 g/mol. The van der Waals surface area contributed by atoms with E-state index >= 15 is 0 Å². The van der Waals surface area contributed by atoms with Crippen molar-refractivity contribution in [1.29, 1.82) is 0 Å². The summed E-state index contributed by atoms with van der Waals surface area (Å²) in [6.07, 6.45) is -0.0667. The summed E-state index contributed by atoms with van der Waals surface area (Å²) in [6.45, 7) is 1.67. The smallest absolute Gasteiger partial charge is 0.221 e. The van der Waals surface area contributed by atoms with Crippen molar-refractivity contribution in [2.75, 3.05) is 0 Å². The van der Waals surface area contributed by atoms with Gasteiger partial charge in [0.1, 0.15) is 11.3 Å². The molecule has 0 spiro atoms. The number of aryl methyl sites for hydroxylation is 1. The molecule has 1 aromatic carbocycles. The summed E-state index contributed by atoms with van der Waals surface area (Å²) >= 11 is 0. The lowest BCUT2D eigenvalue weighted by atomic mass is 10.0. The Labute approximate surface area is 96.3 Å². The minimum absolute atomic E-state index is 0.0580. The van der Waals surface area contributed by atoms with Gasteiger partial charge in [0.25, 0.3) is 0 Å². The van der Waals surface area contributed by atoms with Crippen LogP contribution in [0.25, 0.3) is 10.9 Å². The first-order chi connectivity index (χ1) is 7.97. The van der Waals surface area contributed by atoms with Crippen LogP contribution in [0.4, 0.5) is 8.78 Å². The number of hydrogen-bond donors (Lipinski definition) is 1. The number of carbonyl (C=O) groups excluding carboxylic acids is 1. The van der Waals surface area contributed by atoms with Crippen LogP contribution in [0.3, 0.4) is 0 Å². The highest BCUT2D eigenvalue weighted by atomic mass is 19.1. The Morgan fingerprint density at radius 1 is 1.35 bits per heavy atom. The van der Waals surface area contributed by atoms with Gasteiger partial charge in [-0.3, -0.25) is 9.78 Å². The molecule has 0 aliphatic carbocycles. The topological polar surface area (TPSA) is 56.0 Å². The Morgan fingerprint density at radius 3 is 2.71 bits per heavy atom. The maximum Gasteiger partial charge on any atom is 0.221 e. The van der Waals surface area contributed by atoms with Gasteiger partial charge in [0, 0.05) is 17.1 Å². The highest BCUT2D eigenvalue weighted by Crippen LogP contribution is 2.22. The Hall–Kier alpha value is -2.04. The zero-order chi connectivity index (χ0) is 12.6. The van der Waals surface area contributed by atoms with Crippen LogP contribution in [0, 0.1) is 18.6 Å². The van der Waals surface area contributed by atoms with Crippen LogP contribution in [0.2, 0.25) is 0 Å². The molecule has 2 aromatic rings. The third-order valence-electron chi connectivity index (χ3n) is 2.41. The summed E-state index contributed by atoms with van der Waals surface area (Å²) in [7, 11) is 0. The summed E-state index contributed by atoms with van der Waals surface area (Å²) in [5, 5.41) is 0.284. The number of amides is 1. The van der Waals surface area contributed by atoms with Crippen molar-refractivity contribution < 1.29 is 13.6 Å². The van der Waals surface area contributed by atoms with Crippen molar-refractivity contribution in [3.63, 3.8) is 0 Å². The van der Waals surface area contributed by atoms with Crippen LogP contribution >= 0.6 is 0 Å². The average Bonchev–Trinajstić information content (AvgIpc) is 2.19. The third kappa shape index (κ3) is 2.22. The van der Waals surface area contributed by atoms with Gasteiger partial charge in [0.15, 0.2) is 5.82 Å². The van der Waals surface area contributed by atoms with Crippen LogP contribution in [-0.4, -0.2) is 10.9 Å². The first kappa shape index (κ1) is 11.4. The first-order valence-corrected chi connectivity index (χ1v) is 5.01. The number of benzene rings is 1. The van der Waals surface area contributed by atoms with E-state index in [1.807, 2.05) is 0 Å². The van der Waals surface area contributed by atoms with Gasteiger partial charge in [-0.15, -0.1) is 0 Å². The van der Waals surface area contributed by atoms with Crippen LogP contribution in [0.5, 0.6) is 0 Å². The normalized spacial score (nSPS) is 10.8. The van der Waals surface area contributed by atoms with Crippen LogP contribution in [0.15, 0.2) is 18.2 Å². The summed E-state index contributed by atoms with van der Waals surface area (Å²) in [6, 6.07) is 3.53. The summed E-state index contributed by atoms with van der Waals surface area (Å²) in [5.74, 6) is -2.00. The van der Waals surface area contributed by atoms with E-state index in [-0.39, 0.29) is 17.3 Å². The van der Waals surface area contributed by atoms with E-state index in [1.54, 1.807) is 13.0 Å². The quantitative estimate of drug-likeness (QED) is 0.865. The number of primary amides is 1. The van der Waals surface area contributed by atoms with Crippen molar-refractivity contribution in [3.05, 3.63) is 41.1 Å². The molecular weight excluding hydrogens is 226 g/mol. The predicted octanol–water partition coefficient (Wildman–Crippen LogP) is 1.85. The molecular formula is C12H10F2N2O. The molecule has 2 rings (SSSR count). The fourth-order valence-electron chi connectivity index (χ4n) is 1.80. The van der Waals surface area contributed by atoms with Gasteiger partial charge >= 0.3 is 0 Å². The summed E-state index contributed by atoms with van der Waals surface area (Å²) in [4.78, 5) is 14.9. The number of carbonyl (C=O) groups is 1. The maximum atomic E-state index is 13.5. The lowest BCUT2D eigenvalue weighted by molar-refractivity contribution is -0.117. The van der Waals surface area contributed by atoms with Crippen LogP contribution in [-0.2, 0) is 11.2 Å². The van der Waals surface area contributed by atoms with Crippen LogP contribution < -0.4 is 5.73 Å². The largest absolute Gasteiger partial charge is 0.369 e. The zero-order valence-electron chi connectivity index (χ0n) is 9.13. The second kappa shape index (κ2) is 4.08. The van der Waals surface area contributed by atoms with Gasteiger partial charge in [0.2, 0.25) is 5.91 Å². The summed E-state index contributed by atoms with van der Waals surface area (Å²) in [5.41, 5.74) is 6.19. The zero-order valence-corrected chi connectivity index (χ0v) is 9.13. The molecule has 1 amide bonds. The molecule has 17 heavy (non-hydrogen) atoms. The Balaban J connectivity index is 2.77. The Kier molecular flexibility index (Phi) is 2.75. The number of nitrogens with two attached hydrogens (primary N) is 1. The molecule has 0 unspecified atom stereocenters. The molecule has 0 radical (unpaired) electrons. The van der Waals surface area contributed by atoms with Gasteiger partial charge in [-0.1, -0.05) is 0 Å². The lowest BCUT2D eigenvalue weighted by Gasteiger charge is -2.07. The van der Waals surface area contributed by atoms with Crippen LogP contribution in [0.1, 0.15) is 11.3 Å². The predicted molar refractivity (Wildman–Crippen MR) is 59.3 cm³/mol. The molecule has 5 heteroatoms. The molecule has 0 saturated carbocycles. The molecule has 0 aliphatic heterocycles. The van der Waals surface area contributed by atoms with E-state index in [0.29, 0.717) is 11.3 Å². The molecule has 0 atom stereocenters. The molecule has 0 saturated heterocycles. The number of hydrogen-bond acceptors (Lipinski definition) is 2. The van der Waals surface area contributed by atoms with Crippen molar-refractivity contribution in [2.45, 2.75) is 13.3 Å². The Bertz CT molecular complexity index is 611. The highest BCUT2D eigenvalue weighted by Gasteiger charge is 2.11. The van der Waals surface area contributed by atoms with Gasteiger partial charge in [-0.25, -0.2) is 8.78 Å². The number of rotatable bonds is 2. The van der Waals surface area contributed by atoms with E-state index in [2.05, 4.69) is 4.98 Å². The minimum Gasteiger partial charge on any atom is -0.369 e. The van der Waals surface area contributed by atoms with Gasteiger partial charge in [0.05, 0.1) is 6.42 Å². The number of nitrogens with zero attached hydrogens (tertiary/aromatic N) is 1. The van der Waals surface area contributed by atoms with E-state index in [9.17, 15) is 13.6 Å². The molecule has 1 heterocycles. The van der Waals surface area contributed by atoms with Crippen molar-refractivity contribution >= 4 is 16.8 Å². The fraction of sp³-hybridized carbons (Fsp3) is 0.167. The molecule has 0 bridgehead atoms. The molecule has 1 aromatic heterocycles. The number of pyridine rings is 1. The van der Waals surface area contributed by atoms with Gasteiger partial charge in [-0.2, -0.15) is 0 Å². The second-order valence-electron chi connectivity index (χ2n) is 3.85. The van der Waals surface area contributed by atoms with Crippen molar-refractivity contribution in [2.24, 2.45) is 5.73 Å². The van der Waals surface area contributed by atoms with E-state index in [0.717, 1.165) is 12.1 Å². The number of halogens is 2. The molecule has 0 fully saturated rings. The lowest BCUT2D eigenvalue weighted by Crippen LogP contribution is -2.14. The van der Waals surface area contributed by atoms with Gasteiger partial charge < -0.3 is 5.73 Å². The van der Waals surface area contributed by atoms with E-state index in [1.165, 1.54) is 0 Å². The Morgan fingerprint density at radius 2 is 2.06 bits per heavy atom. The number of fused-ring (bicyclic) bond motifs is 1. The summed E-state index contributed by atoms with van der Waals surface area (Å²) < 4.78 is 26.7. The maximum absolute atomic E-state index is 13.5. The SMILES string of the molecule is Cc1cc(CC(N)=O)c2cc(F)cc(F)c2n1. The van der Waals surface area contributed by atoms with E-state index < -0.39 is 17.5 Å². The van der Waals surface area contributed by atoms with Crippen molar-refractivity contribution in [3.8, 4) is 0 Å². The standard InChI is InChI=1S/C12H10F2N2O/c1-6-2-7(3-11(15)17)9-4-8(13)5-10(14)12(9)16-6/h2,4-5H,3H2,1H3,(H2,15,17). The average molecular weight is 236 g/mol. The molecule has 0 aliphatic rings. The fourth-order valence-corrected chi connectivity index (χ4v) is 1.80. The number of aromatic nitrogens is 1. The highest BCUT2D eigenvalue weighted by molar-refractivity contribution is 5.88. The molecule has 2 N–H and O–H groups in total. The first-order valence-electron chi connectivity index (χ1n) is 5.01. The second-order valence-corrected chi connectivity index (χ2v) is 3.85. The van der Waals surface area contributed by atoms with Gasteiger partial charge in [-0.05, 0) is 24.6 Å². The minimum atomic E-state index is -0.741.